The Kier molecular flexibility index (Phi) is 4.18. The summed E-state index contributed by atoms with van der Waals surface area (Å²) in [5.41, 5.74) is 3.32. The molecule has 4 heteroatoms. The Morgan fingerprint density at radius 1 is 1.10 bits per heavy atom. The van der Waals surface area contributed by atoms with Crippen molar-refractivity contribution >= 4 is 21.6 Å². The summed E-state index contributed by atoms with van der Waals surface area (Å²) in [6, 6.07) is 14.4. The molecule has 3 nitrogen and oxygen atoms in total. The predicted molar refractivity (Wildman–Crippen MR) is 87.2 cm³/mol. The molecule has 108 valence electrons. The number of aromatic nitrogens is 1. The van der Waals surface area contributed by atoms with Crippen LogP contribution in [-0.2, 0) is 11.2 Å². The molecule has 0 aliphatic carbocycles. The summed E-state index contributed by atoms with van der Waals surface area (Å²) in [6.45, 7) is 0.680. The zero-order chi connectivity index (χ0) is 14.7. The van der Waals surface area contributed by atoms with E-state index in [2.05, 4.69) is 18.2 Å². The predicted octanol–water partition coefficient (Wildman–Crippen LogP) is 4.16. The molecule has 0 amide bonds. The SMILES string of the molecule is COCCc1cc(-c2nc3ccccc3s2)ccc1OC. The minimum absolute atomic E-state index is 0.680. The number of benzene rings is 2. The highest BCUT2D eigenvalue weighted by molar-refractivity contribution is 7.21. The molecule has 0 saturated heterocycles. The van der Waals surface area contributed by atoms with Gasteiger partial charge in [-0.25, -0.2) is 4.98 Å². The van der Waals surface area contributed by atoms with Gasteiger partial charge in [0.05, 0.1) is 23.9 Å². The van der Waals surface area contributed by atoms with Crippen LogP contribution in [0.5, 0.6) is 5.75 Å². The van der Waals surface area contributed by atoms with Crippen molar-refractivity contribution in [3.63, 3.8) is 0 Å². The van der Waals surface area contributed by atoms with E-state index < -0.39 is 0 Å². The minimum atomic E-state index is 0.680. The lowest BCUT2D eigenvalue weighted by atomic mass is 10.1. The van der Waals surface area contributed by atoms with E-state index in [0.717, 1.165) is 33.8 Å². The van der Waals surface area contributed by atoms with Gasteiger partial charge in [0.25, 0.3) is 0 Å². The van der Waals surface area contributed by atoms with Crippen molar-refractivity contribution in [1.29, 1.82) is 0 Å². The zero-order valence-corrected chi connectivity index (χ0v) is 12.9. The lowest BCUT2D eigenvalue weighted by Crippen LogP contribution is -1.98. The summed E-state index contributed by atoms with van der Waals surface area (Å²) >= 11 is 1.71. The fourth-order valence-electron chi connectivity index (χ4n) is 2.31. The maximum Gasteiger partial charge on any atom is 0.124 e. The maximum absolute atomic E-state index is 5.42. The molecule has 0 fully saturated rings. The van der Waals surface area contributed by atoms with Crippen molar-refractivity contribution < 1.29 is 9.47 Å². The number of para-hydroxylation sites is 1. The first-order valence-electron chi connectivity index (χ1n) is 6.83. The van der Waals surface area contributed by atoms with Crippen molar-refractivity contribution in [2.75, 3.05) is 20.8 Å². The second-order valence-electron chi connectivity index (χ2n) is 4.76. The number of thiazole rings is 1. The van der Waals surface area contributed by atoms with Crippen LogP contribution in [0.15, 0.2) is 42.5 Å². The highest BCUT2D eigenvalue weighted by Gasteiger charge is 2.09. The average molecular weight is 299 g/mol. The number of nitrogens with zero attached hydrogens (tertiary/aromatic N) is 1. The number of ether oxygens (including phenoxy) is 2. The molecule has 3 aromatic rings. The Labute approximate surface area is 128 Å². The fraction of sp³-hybridized carbons (Fsp3) is 0.235. The third kappa shape index (κ3) is 2.91. The lowest BCUT2D eigenvalue weighted by Gasteiger charge is -2.09. The number of fused-ring (bicyclic) bond motifs is 1. The Balaban J connectivity index is 2.01. The van der Waals surface area contributed by atoms with Crippen LogP contribution in [0.1, 0.15) is 5.56 Å². The topological polar surface area (TPSA) is 31.4 Å². The van der Waals surface area contributed by atoms with E-state index in [1.54, 1.807) is 25.6 Å². The maximum atomic E-state index is 5.42. The summed E-state index contributed by atoms with van der Waals surface area (Å²) < 4.78 is 11.8. The van der Waals surface area contributed by atoms with Crippen LogP contribution < -0.4 is 4.74 Å². The van der Waals surface area contributed by atoms with Gasteiger partial charge in [0.1, 0.15) is 10.8 Å². The van der Waals surface area contributed by atoms with Gasteiger partial charge in [0.2, 0.25) is 0 Å². The van der Waals surface area contributed by atoms with Crippen LogP contribution in [0.4, 0.5) is 0 Å². The summed E-state index contributed by atoms with van der Waals surface area (Å²) in [4.78, 5) is 4.71. The van der Waals surface area contributed by atoms with Gasteiger partial charge < -0.3 is 9.47 Å². The van der Waals surface area contributed by atoms with Gasteiger partial charge in [-0.3, -0.25) is 0 Å². The number of hydrogen-bond donors (Lipinski definition) is 0. The Morgan fingerprint density at radius 2 is 1.95 bits per heavy atom. The normalized spacial score (nSPS) is 11.0. The van der Waals surface area contributed by atoms with Gasteiger partial charge in [-0.2, -0.15) is 0 Å². The van der Waals surface area contributed by atoms with Crippen LogP contribution in [0.3, 0.4) is 0 Å². The van der Waals surface area contributed by atoms with Crippen molar-refractivity contribution in [3.8, 4) is 16.3 Å². The van der Waals surface area contributed by atoms with Gasteiger partial charge in [-0.1, -0.05) is 12.1 Å². The van der Waals surface area contributed by atoms with Crippen molar-refractivity contribution in [2.45, 2.75) is 6.42 Å². The van der Waals surface area contributed by atoms with Gasteiger partial charge in [-0.05, 0) is 42.3 Å². The van der Waals surface area contributed by atoms with E-state index in [1.165, 1.54) is 4.70 Å². The van der Waals surface area contributed by atoms with Crippen LogP contribution in [0, 0.1) is 0 Å². The summed E-state index contributed by atoms with van der Waals surface area (Å²) in [7, 11) is 3.41. The first-order valence-corrected chi connectivity index (χ1v) is 7.65. The molecule has 0 atom stereocenters. The molecule has 0 bridgehead atoms. The van der Waals surface area contributed by atoms with Crippen LogP contribution >= 0.6 is 11.3 Å². The minimum Gasteiger partial charge on any atom is -0.496 e. The zero-order valence-electron chi connectivity index (χ0n) is 12.1. The molecule has 0 saturated carbocycles. The first-order chi connectivity index (χ1) is 10.3. The summed E-state index contributed by atoms with van der Waals surface area (Å²) in [5.74, 6) is 0.900. The molecule has 0 unspecified atom stereocenters. The van der Waals surface area contributed by atoms with E-state index in [1.807, 2.05) is 24.3 Å². The van der Waals surface area contributed by atoms with Crippen LogP contribution in [-0.4, -0.2) is 25.8 Å². The van der Waals surface area contributed by atoms with Crippen molar-refractivity contribution in [1.82, 2.24) is 4.98 Å². The summed E-state index contributed by atoms with van der Waals surface area (Å²) in [6.07, 6.45) is 0.832. The van der Waals surface area contributed by atoms with Gasteiger partial charge in [-0.15, -0.1) is 11.3 Å². The third-order valence-corrected chi connectivity index (χ3v) is 4.48. The van der Waals surface area contributed by atoms with Gasteiger partial charge in [0.15, 0.2) is 0 Å². The monoisotopic (exact) mass is 299 g/mol. The molecular formula is C17H17NO2S. The largest absolute Gasteiger partial charge is 0.496 e. The third-order valence-electron chi connectivity index (χ3n) is 3.40. The molecule has 0 aliphatic heterocycles. The van der Waals surface area contributed by atoms with E-state index >= 15 is 0 Å². The van der Waals surface area contributed by atoms with Crippen molar-refractivity contribution in [2.24, 2.45) is 0 Å². The van der Waals surface area contributed by atoms with Crippen LogP contribution in [0.2, 0.25) is 0 Å². The smallest absolute Gasteiger partial charge is 0.124 e. The molecule has 1 aromatic heterocycles. The van der Waals surface area contributed by atoms with E-state index in [-0.39, 0.29) is 0 Å². The second kappa shape index (κ2) is 6.24. The highest BCUT2D eigenvalue weighted by atomic mass is 32.1. The quantitative estimate of drug-likeness (QED) is 0.709. The Morgan fingerprint density at radius 3 is 2.71 bits per heavy atom. The molecule has 3 rings (SSSR count). The average Bonchev–Trinajstić information content (AvgIpc) is 2.96. The van der Waals surface area contributed by atoms with Gasteiger partial charge >= 0.3 is 0 Å². The molecule has 0 spiro atoms. The molecular weight excluding hydrogens is 282 g/mol. The van der Waals surface area contributed by atoms with E-state index in [0.29, 0.717) is 6.61 Å². The molecule has 1 heterocycles. The fourth-order valence-corrected chi connectivity index (χ4v) is 3.28. The van der Waals surface area contributed by atoms with Gasteiger partial charge in [0, 0.05) is 12.7 Å². The standard InChI is InChI=1S/C17H17NO2S/c1-19-10-9-12-11-13(7-8-15(12)20-2)17-18-14-5-3-4-6-16(14)21-17/h3-8,11H,9-10H2,1-2H3. The molecule has 0 radical (unpaired) electrons. The molecule has 2 aromatic carbocycles. The Hall–Kier alpha value is -1.91. The summed E-state index contributed by atoms with van der Waals surface area (Å²) in [5, 5.41) is 1.04. The Bertz CT molecular complexity index is 718. The highest BCUT2D eigenvalue weighted by Crippen LogP contribution is 2.32. The number of rotatable bonds is 5. The van der Waals surface area contributed by atoms with Crippen molar-refractivity contribution in [3.05, 3.63) is 48.0 Å². The number of methoxy groups -OCH3 is 2. The lowest BCUT2D eigenvalue weighted by molar-refractivity contribution is 0.201. The van der Waals surface area contributed by atoms with E-state index in [4.69, 9.17) is 14.5 Å². The van der Waals surface area contributed by atoms with E-state index in [9.17, 15) is 0 Å². The first kappa shape index (κ1) is 14.0. The number of hydrogen-bond acceptors (Lipinski definition) is 4. The molecule has 0 N–H and O–H groups in total. The second-order valence-corrected chi connectivity index (χ2v) is 5.79. The molecule has 21 heavy (non-hydrogen) atoms. The molecule has 0 aliphatic rings. The van der Waals surface area contributed by atoms with Crippen LogP contribution in [0.25, 0.3) is 20.8 Å².